The van der Waals surface area contributed by atoms with Gasteiger partial charge in [-0.05, 0) is 39.4 Å². The summed E-state index contributed by atoms with van der Waals surface area (Å²) in [4.78, 5) is 11.1. The van der Waals surface area contributed by atoms with Crippen LogP contribution in [0.15, 0.2) is 11.6 Å². The molecule has 4 heteroatoms. The maximum absolute atomic E-state index is 11.1. The first-order valence-electron chi connectivity index (χ1n) is 7.97. The Labute approximate surface area is 142 Å². The maximum Gasteiger partial charge on any atom is 0.305 e. The van der Waals surface area contributed by atoms with Gasteiger partial charge in [-0.25, -0.2) is 0 Å². The van der Waals surface area contributed by atoms with Crippen LogP contribution >= 0.6 is 12.6 Å². The Morgan fingerprint density at radius 2 is 1.91 bits per heavy atom. The molecule has 0 bridgehead atoms. The van der Waals surface area contributed by atoms with Crippen LogP contribution in [-0.4, -0.2) is 24.9 Å². The molecule has 0 aliphatic rings. The molecule has 0 aromatic heterocycles. The monoisotopic (exact) mass is 327 g/mol. The van der Waals surface area contributed by atoms with Crippen molar-refractivity contribution >= 4 is 18.6 Å². The van der Waals surface area contributed by atoms with Gasteiger partial charge >= 0.3 is 5.97 Å². The summed E-state index contributed by atoms with van der Waals surface area (Å²) in [6, 6.07) is 0.0823. The third-order valence-electron chi connectivity index (χ3n) is 3.07. The zero-order valence-electron chi connectivity index (χ0n) is 14.8. The van der Waals surface area contributed by atoms with Gasteiger partial charge in [-0.3, -0.25) is 4.79 Å². The molecule has 22 heavy (non-hydrogen) atoms. The molecule has 2 atom stereocenters. The van der Waals surface area contributed by atoms with Gasteiger partial charge in [0.15, 0.2) is 0 Å². The van der Waals surface area contributed by atoms with Crippen molar-refractivity contribution in [3.63, 3.8) is 0 Å². The average Bonchev–Trinajstić information content (AvgIpc) is 2.48. The van der Waals surface area contributed by atoms with E-state index in [1.807, 2.05) is 6.92 Å². The standard InChI is InChI=1S/C17H29NO2.CH4S/c1-5-15(16(18)13-14(3)4)11-9-7-8-10-12-17(19)20-6-2;1-2/h13,15-16H,5-6,8,10-12,18H2,1-4H3;2H,1H3. The van der Waals surface area contributed by atoms with Crippen LogP contribution in [0.25, 0.3) is 0 Å². The highest BCUT2D eigenvalue weighted by Gasteiger charge is 2.12. The molecule has 0 fully saturated rings. The lowest BCUT2D eigenvalue weighted by Crippen LogP contribution is -2.27. The van der Waals surface area contributed by atoms with Crippen LogP contribution in [0.4, 0.5) is 0 Å². The number of hydrogen-bond acceptors (Lipinski definition) is 4. The summed E-state index contributed by atoms with van der Waals surface area (Å²) in [6.07, 6.45) is 7.62. The SMILES string of the molecule is CCOC(=O)CCCC#CCC(CC)C(N)C=C(C)C.CS. The smallest absolute Gasteiger partial charge is 0.305 e. The molecule has 0 spiro atoms. The summed E-state index contributed by atoms with van der Waals surface area (Å²) in [7, 11) is 0. The minimum atomic E-state index is -0.133. The minimum Gasteiger partial charge on any atom is -0.466 e. The highest BCUT2D eigenvalue weighted by atomic mass is 32.1. The van der Waals surface area contributed by atoms with Crippen molar-refractivity contribution in [2.75, 3.05) is 12.9 Å². The molecule has 0 heterocycles. The van der Waals surface area contributed by atoms with Crippen LogP contribution in [0.3, 0.4) is 0 Å². The predicted octanol–water partition coefficient (Wildman–Crippen LogP) is 3.98. The molecule has 2 unspecified atom stereocenters. The number of carbonyl (C=O) groups excluding carboxylic acids is 1. The molecule has 128 valence electrons. The molecule has 0 saturated carbocycles. The number of thiol groups is 1. The van der Waals surface area contributed by atoms with E-state index >= 15 is 0 Å². The molecule has 0 saturated heterocycles. The summed E-state index contributed by atoms with van der Waals surface area (Å²) in [5, 5.41) is 0. The first kappa shape index (κ1) is 23.3. The number of allylic oxidation sites excluding steroid dienone is 1. The summed E-state index contributed by atoms with van der Waals surface area (Å²) in [5.74, 6) is 6.58. The first-order chi connectivity index (χ1) is 10.5. The van der Waals surface area contributed by atoms with Crippen molar-refractivity contribution < 1.29 is 9.53 Å². The molecule has 0 amide bonds. The molecule has 0 aliphatic carbocycles. The normalized spacial score (nSPS) is 12.0. The van der Waals surface area contributed by atoms with E-state index in [2.05, 4.69) is 51.3 Å². The summed E-state index contributed by atoms with van der Waals surface area (Å²) >= 11 is 3.53. The largest absolute Gasteiger partial charge is 0.466 e. The zero-order chi connectivity index (χ0) is 17.4. The molecular formula is C18H33NO2S. The van der Waals surface area contributed by atoms with Crippen molar-refractivity contribution in [1.82, 2.24) is 0 Å². The van der Waals surface area contributed by atoms with Crippen molar-refractivity contribution in [3.8, 4) is 11.8 Å². The van der Waals surface area contributed by atoms with E-state index in [0.29, 0.717) is 18.9 Å². The van der Waals surface area contributed by atoms with Gasteiger partial charge in [0, 0.05) is 25.3 Å². The number of hydrogen-bond donors (Lipinski definition) is 2. The third kappa shape index (κ3) is 14.0. The molecule has 0 aromatic rings. The van der Waals surface area contributed by atoms with Crippen LogP contribution in [-0.2, 0) is 9.53 Å². The van der Waals surface area contributed by atoms with E-state index in [4.69, 9.17) is 10.5 Å². The number of carbonyl (C=O) groups is 1. The molecule has 0 aromatic carbocycles. The third-order valence-corrected chi connectivity index (χ3v) is 3.07. The lowest BCUT2D eigenvalue weighted by molar-refractivity contribution is -0.143. The van der Waals surface area contributed by atoms with Gasteiger partial charge < -0.3 is 10.5 Å². The lowest BCUT2D eigenvalue weighted by atomic mass is 9.93. The average molecular weight is 328 g/mol. The van der Waals surface area contributed by atoms with Gasteiger partial charge in [-0.1, -0.05) is 25.0 Å². The topological polar surface area (TPSA) is 52.3 Å². The fourth-order valence-electron chi connectivity index (χ4n) is 1.92. The number of nitrogens with two attached hydrogens (primary N) is 1. The number of ether oxygens (including phenoxy) is 1. The van der Waals surface area contributed by atoms with Crippen LogP contribution < -0.4 is 5.73 Å². The van der Waals surface area contributed by atoms with Crippen molar-refractivity contribution in [1.29, 1.82) is 0 Å². The van der Waals surface area contributed by atoms with Gasteiger partial charge in [0.25, 0.3) is 0 Å². The summed E-state index contributed by atoms with van der Waals surface area (Å²) in [6.45, 7) is 8.54. The molecule has 3 nitrogen and oxygen atoms in total. The molecular weight excluding hydrogens is 294 g/mol. The van der Waals surface area contributed by atoms with Crippen LogP contribution in [0.5, 0.6) is 0 Å². The van der Waals surface area contributed by atoms with Gasteiger partial charge in [0.2, 0.25) is 0 Å². The molecule has 2 N–H and O–H groups in total. The zero-order valence-corrected chi connectivity index (χ0v) is 15.7. The number of unbranched alkanes of at least 4 members (excludes halogenated alkanes) is 1. The predicted molar refractivity (Wildman–Crippen MR) is 99.0 cm³/mol. The first-order valence-corrected chi connectivity index (χ1v) is 8.87. The quantitative estimate of drug-likeness (QED) is 0.233. The Hall–Kier alpha value is -0.920. The second-order valence-electron chi connectivity index (χ2n) is 5.21. The lowest BCUT2D eigenvalue weighted by Gasteiger charge is -2.17. The summed E-state index contributed by atoms with van der Waals surface area (Å²) in [5.41, 5.74) is 7.39. The highest BCUT2D eigenvalue weighted by Crippen LogP contribution is 2.13. The van der Waals surface area contributed by atoms with Crippen molar-refractivity contribution in [2.45, 2.75) is 65.8 Å². The van der Waals surface area contributed by atoms with E-state index in [0.717, 1.165) is 25.7 Å². The van der Waals surface area contributed by atoms with Crippen LogP contribution in [0.1, 0.15) is 59.8 Å². The Kier molecular flexibility index (Phi) is 17.5. The van der Waals surface area contributed by atoms with Gasteiger partial charge in [0.05, 0.1) is 6.61 Å². The van der Waals surface area contributed by atoms with E-state index in [1.165, 1.54) is 5.57 Å². The van der Waals surface area contributed by atoms with Crippen LogP contribution in [0.2, 0.25) is 0 Å². The van der Waals surface area contributed by atoms with E-state index in [9.17, 15) is 4.79 Å². The van der Waals surface area contributed by atoms with Gasteiger partial charge in [0.1, 0.15) is 0 Å². The van der Waals surface area contributed by atoms with Crippen LogP contribution in [0, 0.1) is 17.8 Å². The second-order valence-corrected chi connectivity index (χ2v) is 5.21. The molecule has 0 aliphatic heterocycles. The Morgan fingerprint density at radius 3 is 2.41 bits per heavy atom. The fraction of sp³-hybridized carbons (Fsp3) is 0.722. The van der Waals surface area contributed by atoms with Gasteiger partial charge in [-0.15, -0.1) is 11.8 Å². The van der Waals surface area contributed by atoms with E-state index in [1.54, 1.807) is 6.26 Å². The van der Waals surface area contributed by atoms with E-state index in [-0.39, 0.29) is 12.0 Å². The second kappa shape index (κ2) is 16.5. The van der Waals surface area contributed by atoms with Crippen molar-refractivity contribution in [3.05, 3.63) is 11.6 Å². The maximum atomic E-state index is 11.1. The minimum absolute atomic E-state index is 0.0823. The highest BCUT2D eigenvalue weighted by molar-refractivity contribution is 7.79. The number of rotatable bonds is 8. The Bertz CT molecular complexity index is 365. The van der Waals surface area contributed by atoms with Gasteiger partial charge in [-0.2, -0.15) is 12.6 Å². The number of esters is 1. The van der Waals surface area contributed by atoms with Crippen molar-refractivity contribution in [2.24, 2.45) is 11.7 Å². The molecule has 0 radical (unpaired) electrons. The summed E-state index contributed by atoms with van der Waals surface area (Å²) < 4.78 is 4.86. The Morgan fingerprint density at radius 1 is 1.27 bits per heavy atom. The van der Waals surface area contributed by atoms with E-state index < -0.39 is 0 Å². The molecule has 0 rings (SSSR count). The Balaban J connectivity index is 0. The fourth-order valence-corrected chi connectivity index (χ4v) is 1.92.